The number of aryl methyl sites for hydroxylation is 1. The molecule has 0 heterocycles. The Kier molecular flexibility index (Phi) is 3.17. The van der Waals surface area contributed by atoms with Crippen molar-refractivity contribution in [1.29, 1.82) is 0 Å². The van der Waals surface area contributed by atoms with Crippen molar-refractivity contribution >= 4 is 6.08 Å². The van der Waals surface area contributed by atoms with Crippen LogP contribution < -0.4 is 5.32 Å². The summed E-state index contributed by atoms with van der Waals surface area (Å²) in [5, 5.41) is 3.35. The van der Waals surface area contributed by atoms with E-state index < -0.39 is 0 Å². The zero-order chi connectivity index (χ0) is 10.7. The molecule has 0 saturated heterocycles. The van der Waals surface area contributed by atoms with Crippen LogP contribution in [0.25, 0.3) is 6.08 Å². The second-order valence-electron chi connectivity index (χ2n) is 4.11. The van der Waals surface area contributed by atoms with Crippen LogP contribution in [-0.4, -0.2) is 12.6 Å². The van der Waals surface area contributed by atoms with Gasteiger partial charge in [-0.15, -0.1) is 0 Å². The van der Waals surface area contributed by atoms with Crippen molar-refractivity contribution in [2.75, 3.05) is 6.54 Å². The minimum absolute atomic E-state index is 0.150. The normalized spacial score (nSPS) is 16.1. The maximum absolute atomic E-state index is 13.3. The highest BCUT2D eigenvalue weighted by Gasteiger charge is 2.18. The van der Waals surface area contributed by atoms with Crippen LogP contribution in [0, 0.1) is 12.7 Å². The average Bonchev–Trinajstić information content (AvgIpc) is 3.01. The van der Waals surface area contributed by atoms with Crippen molar-refractivity contribution < 1.29 is 4.39 Å². The summed E-state index contributed by atoms with van der Waals surface area (Å²) in [6.07, 6.45) is 6.40. The summed E-state index contributed by atoms with van der Waals surface area (Å²) in [5.41, 5.74) is 1.76. The Morgan fingerprint density at radius 3 is 3.00 bits per heavy atom. The van der Waals surface area contributed by atoms with Crippen molar-refractivity contribution in [2.45, 2.75) is 25.8 Å². The number of benzene rings is 1. The Morgan fingerprint density at radius 2 is 2.27 bits per heavy atom. The van der Waals surface area contributed by atoms with Crippen LogP contribution in [0.4, 0.5) is 4.39 Å². The lowest BCUT2D eigenvalue weighted by atomic mass is 10.1. The molecule has 1 N–H and O–H groups in total. The fourth-order valence-electron chi connectivity index (χ4n) is 1.50. The summed E-state index contributed by atoms with van der Waals surface area (Å²) in [7, 11) is 0. The predicted octanol–water partition coefficient (Wildman–Crippen LogP) is 2.90. The van der Waals surface area contributed by atoms with Gasteiger partial charge in [-0.2, -0.15) is 0 Å². The van der Waals surface area contributed by atoms with E-state index in [0.717, 1.165) is 12.1 Å². The molecule has 80 valence electrons. The SMILES string of the molecule is Cc1ccc(F)c(/C=C/CNC2CC2)c1. The molecule has 0 aromatic heterocycles. The number of nitrogens with one attached hydrogen (secondary N) is 1. The van der Waals surface area contributed by atoms with E-state index in [2.05, 4.69) is 5.32 Å². The third kappa shape index (κ3) is 3.17. The first kappa shape index (κ1) is 10.4. The Bertz CT molecular complexity index is 367. The number of hydrogen-bond donors (Lipinski definition) is 1. The smallest absolute Gasteiger partial charge is 0.130 e. The van der Waals surface area contributed by atoms with Gasteiger partial charge in [0, 0.05) is 18.2 Å². The van der Waals surface area contributed by atoms with Crippen LogP contribution in [0.3, 0.4) is 0 Å². The third-order valence-electron chi connectivity index (χ3n) is 2.55. The maximum Gasteiger partial charge on any atom is 0.130 e. The van der Waals surface area contributed by atoms with E-state index in [-0.39, 0.29) is 5.82 Å². The minimum Gasteiger partial charge on any atom is -0.311 e. The highest BCUT2D eigenvalue weighted by atomic mass is 19.1. The van der Waals surface area contributed by atoms with Gasteiger partial charge in [0.05, 0.1) is 0 Å². The van der Waals surface area contributed by atoms with Crippen LogP contribution in [0.5, 0.6) is 0 Å². The highest BCUT2D eigenvalue weighted by Crippen LogP contribution is 2.18. The first-order valence-electron chi connectivity index (χ1n) is 5.42. The molecule has 0 atom stereocenters. The molecule has 0 radical (unpaired) electrons. The van der Waals surface area contributed by atoms with E-state index in [9.17, 15) is 4.39 Å². The van der Waals surface area contributed by atoms with Gasteiger partial charge in [0.2, 0.25) is 0 Å². The largest absolute Gasteiger partial charge is 0.311 e. The van der Waals surface area contributed by atoms with Gasteiger partial charge in [-0.3, -0.25) is 0 Å². The van der Waals surface area contributed by atoms with Gasteiger partial charge >= 0.3 is 0 Å². The highest BCUT2D eigenvalue weighted by molar-refractivity contribution is 5.51. The summed E-state index contributed by atoms with van der Waals surface area (Å²) >= 11 is 0. The molecule has 0 amide bonds. The van der Waals surface area contributed by atoms with Crippen LogP contribution in [0.15, 0.2) is 24.3 Å². The zero-order valence-electron chi connectivity index (χ0n) is 8.96. The molecule has 1 aromatic rings. The monoisotopic (exact) mass is 205 g/mol. The molecule has 1 aromatic carbocycles. The fraction of sp³-hybridized carbons (Fsp3) is 0.385. The fourth-order valence-corrected chi connectivity index (χ4v) is 1.50. The van der Waals surface area contributed by atoms with Crippen molar-refractivity contribution in [2.24, 2.45) is 0 Å². The molecule has 0 aliphatic heterocycles. The summed E-state index contributed by atoms with van der Waals surface area (Å²) in [4.78, 5) is 0. The topological polar surface area (TPSA) is 12.0 Å². The Balaban J connectivity index is 1.92. The lowest BCUT2D eigenvalue weighted by molar-refractivity contribution is 0.624. The van der Waals surface area contributed by atoms with Crippen LogP contribution >= 0.6 is 0 Å². The van der Waals surface area contributed by atoms with Gasteiger partial charge in [0.25, 0.3) is 0 Å². The van der Waals surface area contributed by atoms with Crippen LogP contribution in [0.1, 0.15) is 24.0 Å². The number of hydrogen-bond acceptors (Lipinski definition) is 1. The second-order valence-corrected chi connectivity index (χ2v) is 4.11. The first-order chi connectivity index (χ1) is 7.25. The predicted molar refractivity (Wildman–Crippen MR) is 61.2 cm³/mol. The van der Waals surface area contributed by atoms with Crippen LogP contribution in [0.2, 0.25) is 0 Å². The van der Waals surface area contributed by atoms with Gasteiger partial charge in [0.1, 0.15) is 5.82 Å². The summed E-state index contributed by atoms with van der Waals surface area (Å²) in [5.74, 6) is -0.150. The zero-order valence-corrected chi connectivity index (χ0v) is 8.96. The number of halogens is 1. The summed E-state index contributed by atoms with van der Waals surface area (Å²) in [6.45, 7) is 2.80. The van der Waals surface area contributed by atoms with E-state index in [1.54, 1.807) is 6.07 Å². The minimum atomic E-state index is -0.150. The molecule has 0 bridgehead atoms. The molecule has 1 fully saturated rings. The molecule has 0 spiro atoms. The summed E-state index contributed by atoms with van der Waals surface area (Å²) in [6, 6.07) is 5.87. The maximum atomic E-state index is 13.3. The van der Waals surface area contributed by atoms with E-state index in [1.807, 2.05) is 25.1 Å². The van der Waals surface area contributed by atoms with Gasteiger partial charge in [-0.1, -0.05) is 23.8 Å². The van der Waals surface area contributed by atoms with Crippen LogP contribution in [-0.2, 0) is 0 Å². The second kappa shape index (κ2) is 4.58. The van der Waals surface area contributed by atoms with Gasteiger partial charge < -0.3 is 5.32 Å². The Morgan fingerprint density at radius 1 is 1.47 bits per heavy atom. The molecular weight excluding hydrogens is 189 g/mol. The van der Waals surface area contributed by atoms with Gasteiger partial charge in [-0.05, 0) is 31.9 Å². The molecule has 15 heavy (non-hydrogen) atoms. The van der Waals surface area contributed by atoms with E-state index in [0.29, 0.717) is 11.6 Å². The first-order valence-corrected chi connectivity index (χ1v) is 5.42. The molecule has 2 rings (SSSR count). The molecule has 2 heteroatoms. The molecule has 1 aliphatic carbocycles. The standard InChI is InChI=1S/C13H16FN/c1-10-4-7-13(14)11(9-10)3-2-8-15-12-5-6-12/h2-4,7,9,12,15H,5-6,8H2,1H3/b3-2+. The molecule has 0 unspecified atom stereocenters. The summed E-state index contributed by atoms with van der Waals surface area (Å²) < 4.78 is 13.3. The van der Waals surface area contributed by atoms with Crippen molar-refractivity contribution in [3.8, 4) is 0 Å². The Hall–Kier alpha value is -1.15. The Labute approximate surface area is 90.0 Å². The van der Waals surface area contributed by atoms with Crippen molar-refractivity contribution in [1.82, 2.24) is 5.32 Å². The van der Waals surface area contributed by atoms with E-state index >= 15 is 0 Å². The molecule has 1 aliphatic rings. The van der Waals surface area contributed by atoms with Gasteiger partial charge in [0.15, 0.2) is 0 Å². The van der Waals surface area contributed by atoms with E-state index in [1.165, 1.54) is 18.9 Å². The van der Waals surface area contributed by atoms with Gasteiger partial charge in [-0.25, -0.2) is 4.39 Å². The molecule has 1 nitrogen and oxygen atoms in total. The third-order valence-corrected chi connectivity index (χ3v) is 2.55. The van der Waals surface area contributed by atoms with Crippen molar-refractivity contribution in [3.05, 3.63) is 41.2 Å². The average molecular weight is 205 g/mol. The molecular formula is C13H16FN. The molecule has 1 saturated carbocycles. The number of rotatable bonds is 4. The lowest BCUT2D eigenvalue weighted by Gasteiger charge is -1.99. The lowest BCUT2D eigenvalue weighted by Crippen LogP contribution is -2.15. The van der Waals surface area contributed by atoms with E-state index in [4.69, 9.17) is 0 Å². The van der Waals surface area contributed by atoms with Crippen molar-refractivity contribution in [3.63, 3.8) is 0 Å². The quantitative estimate of drug-likeness (QED) is 0.797.